The minimum atomic E-state index is -0.872. The molecule has 1 heterocycles. The van der Waals surface area contributed by atoms with Crippen molar-refractivity contribution in [2.24, 2.45) is 11.8 Å². The average molecular weight is 373 g/mol. The third kappa shape index (κ3) is 3.18. The molecule has 0 saturated carbocycles. The number of esters is 1. The lowest BCUT2D eigenvalue weighted by Crippen LogP contribution is -2.44. The van der Waals surface area contributed by atoms with Crippen molar-refractivity contribution < 1.29 is 28.6 Å². The lowest BCUT2D eigenvalue weighted by molar-refractivity contribution is -0.151. The van der Waals surface area contributed by atoms with Gasteiger partial charge in [0.1, 0.15) is 5.92 Å². The van der Waals surface area contributed by atoms with Crippen LogP contribution in [0.3, 0.4) is 0 Å². The van der Waals surface area contributed by atoms with Crippen LogP contribution in [0.15, 0.2) is 29.5 Å². The second-order valence-electron chi connectivity index (χ2n) is 6.83. The first kappa shape index (κ1) is 18.9. The van der Waals surface area contributed by atoms with Crippen LogP contribution in [0.2, 0.25) is 0 Å². The predicted molar refractivity (Wildman–Crippen MR) is 96.4 cm³/mol. The molecule has 7 heteroatoms. The molecule has 0 spiro atoms. The van der Waals surface area contributed by atoms with Crippen molar-refractivity contribution in [1.82, 2.24) is 5.32 Å². The van der Waals surface area contributed by atoms with Crippen LogP contribution < -0.4 is 14.8 Å². The number of hydrogen-bond acceptors (Lipinski definition) is 6. The number of amides is 1. The molecule has 1 aliphatic carbocycles. The summed E-state index contributed by atoms with van der Waals surface area (Å²) < 4.78 is 15.7. The molecule has 7 nitrogen and oxygen atoms in total. The highest BCUT2D eigenvalue weighted by Crippen LogP contribution is 2.46. The van der Waals surface area contributed by atoms with Crippen molar-refractivity contribution in [1.29, 1.82) is 0 Å². The molecule has 0 fully saturated rings. The molecule has 1 aromatic carbocycles. The van der Waals surface area contributed by atoms with E-state index >= 15 is 0 Å². The van der Waals surface area contributed by atoms with E-state index in [1.807, 2.05) is 13.0 Å². The molecule has 2 aliphatic rings. The Labute approximate surface area is 157 Å². The van der Waals surface area contributed by atoms with Gasteiger partial charge in [-0.05, 0) is 18.4 Å². The molecule has 27 heavy (non-hydrogen) atoms. The minimum Gasteiger partial charge on any atom is -0.493 e. The van der Waals surface area contributed by atoms with Crippen LogP contribution in [0.1, 0.15) is 31.2 Å². The van der Waals surface area contributed by atoms with E-state index in [4.69, 9.17) is 14.2 Å². The fourth-order valence-electron chi connectivity index (χ4n) is 4.05. The number of benzene rings is 1. The normalized spacial score (nSPS) is 24.8. The van der Waals surface area contributed by atoms with E-state index in [9.17, 15) is 14.4 Å². The van der Waals surface area contributed by atoms with Crippen LogP contribution in [-0.4, -0.2) is 39.0 Å². The minimum absolute atomic E-state index is 0.0936. The summed E-state index contributed by atoms with van der Waals surface area (Å²) >= 11 is 0. The van der Waals surface area contributed by atoms with E-state index in [-0.39, 0.29) is 24.0 Å². The summed E-state index contributed by atoms with van der Waals surface area (Å²) in [7, 11) is 4.32. The highest BCUT2D eigenvalue weighted by molar-refractivity contribution is 6.11. The van der Waals surface area contributed by atoms with E-state index in [0.29, 0.717) is 34.8 Å². The number of nitrogens with one attached hydrogen (secondary N) is 1. The number of rotatable bonds is 4. The van der Waals surface area contributed by atoms with E-state index in [2.05, 4.69) is 5.32 Å². The maximum atomic E-state index is 13.2. The van der Waals surface area contributed by atoms with Crippen LogP contribution in [-0.2, 0) is 19.1 Å². The van der Waals surface area contributed by atoms with Gasteiger partial charge in [-0.3, -0.25) is 14.4 Å². The molecule has 3 atom stereocenters. The second-order valence-corrected chi connectivity index (χ2v) is 6.83. The van der Waals surface area contributed by atoms with Gasteiger partial charge in [-0.15, -0.1) is 0 Å². The average Bonchev–Trinajstić information content (AvgIpc) is 2.65. The quantitative estimate of drug-likeness (QED) is 0.641. The highest BCUT2D eigenvalue weighted by Gasteiger charge is 2.46. The second kappa shape index (κ2) is 7.42. The van der Waals surface area contributed by atoms with Gasteiger partial charge >= 0.3 is 5.97 Å². The number of hydrogen-bond donors (Lipinski definition) is 1. The van der Waals surface area contributed by atoms with Crippen LogP contribution in [0.5, 0.6) is 11.5 Å². The molecule has 1 N–H and O–H groups in total. The van der Waals surface area contributed by atoms with Crippen LogP contribution in [0, 0.1) is 11.8 Å². The van der Waals surface area contributed by atoms with Gasteiger partial charge in [-0.1, -0.05) is 19.1 Å². The Balaban J connectivity index is 2.14. The number of para-hydroxylation sites is 1. The van der Waals surface area contributed by atoms with Crippen molar-refractivity contribution in [3.63, 3.8) is 0 Å². The Bertz CT molecular complexity index is 828. The fourth-order valence-corrected chi connectivity index (χ4v) is 4.05. The summed E-state index contributed by atoms with van der Waals surface area (Å²) in [5.74, 6) is -1.65. The molecule has 0 bridgehead atoms. The van der Waals surface area contributed by atoms with E-state index < -0.39 is 17.8 Å². The number of carbonyl (C=O) groups excluding carboxylic acids is 3. The number of carbonyl (C=O) groups is 3. The number of allylic oxidation sites excluding steroid dienone is 2. The molecular formula is C20H23NO6. The van der Waals surface area contributed by atoms with E-state index in [1.165, 1.54) is 21.3 Å². The lowest BCUT2D eigenvalue weighted by atomic mass is 9.70. The molecule has 144 valence electrons. The Hall–Kier alpha value is -2.83. The van der Waals surface area contributed by atoms with Crippen LogP contribution in [0.4, 0.5) is 0 Å². The highest BCUT2D eigenvalue weighted by atomic mass is 16.5. The summed E-state index contributed by atoms with van der Waals surface area (Å²) in [6.07, 6.45) is 0.520. The standard InChI is InChI=1S/C20H23NO6/c1-10-8-13-17(18(23)16(10)20(24)27-4)12(9-15(22)21-13)11-6-5-7-14(25-2)19(11)26-3/h5-7,10,12,16H,8-9H2,1-4H3,(H,21,22)/t10-,12-,16+/m0/s1. The monoisotopic (exact) mass is 373 g/mol. The van der Waals surface area contributed by atoms with Crippen molar-refractivity contribution in [3.05, 3.63) is 35.0 Å². The van der Waals surface area contributed by atoms with Gasteiger partial charge in [0, 0.05) is 29.2 Å². The topological polar surface area (TPSA) is 90.9 Å². The maximum absolute atomic E-state index is 13.2. The Morgan fingerprint density at radius 2 is 1.85 bits per heavy atom. The summed E-state index contributed by atoms with van der Waals surface area (Å²) in [6, 6.07) is 5.35. The van der Waals surface area contributed by atoms with Gasteiger partial charge in [-0.2, -0.15) is 0 Å². The molecule has 0 radical (unpaired) electrons. The smallest absolute Gasteiger partial charge is 0.316 e. The number of ether oxygens (including phenoxy) is 3. The van der Waals surface area contributed by atoms with Crippen LogP contribution in [0.25, 0.3) is 0 Å². The fraction of sp³-hybridized carbons (Fsp3) is 0.450. The third-order valence-electron chi connectivity index (χ3n) is 5.26. The first-order chi connectivity index (χ1) is 12.9. The first-order valence-electron chi connectivity index (χ1n) is 8.78. The molecule has 0 saturated heterocycles. The van der Waals surface area contributed by atoms with E-state index in [0.717, 1.165) is 0 Å². The zero-order valence-corrected chi connectivity index (χ0v) is 15.8. The molecule has 1 aliphatic heterocycles. The largest absolute Gasteiger partial charge is 0.493 e. The van der Waals surface area contributed by atoms with Gasteiger partial charge < -0.3 is 19.5 Å². The van der Waals surface area contributed by atoms with Gasteiger partial charge in [0.2, 0.25) is 5.91 Å². The maximum Gasteiger partial charge on any atom is 0.316 e. The van der Waals surface area contributed by atoms with Crippen molar-refractivity contribution in [2.45, 2.75) is 25.7 Å². The van der Waals surface area contributed by atoms with Crippen molar-refractivity contribution >= 4 is 17.7 Å². The Morgan fingerprint density at radius 3 is 2.48 bits per heavy atom. The molecule has 3 rings (SSSR count). The molecule has 1 amide bonds. The Kier molecular flexibility index (Phi) is 5.21. The third-order valence-corrected chi connectivity index (χ3v) is 5.26. The predicted octanol–water partition coefficient (Wildman–Crippen LogP) is 1.96. The van der Waals surface area contributed by atoms with Crippen LogP contribution >= 0.6 is 0 Å². The number of methoxy groups -OCH3 is 3. The summed E-state index contributed by atoms with van der Waals surface area (Å²) in [5.41, 5.74) is 1.72. The molecule has 0 aromatic heterocycles. The van der Waals surface area contributed by atoms with E-state index in [1.54, 1.807) is 12.1 Å². The van der Waals surface area contributed by atoms with Crippen molar-refractivity contribution in [3.8, 4) is 11.5 Å². The SMILES string of the molecule is COC(=O)[C@H]1C(=O)C2=C(C[C@@H]1C)NC(=O)C[C@H]2c1cccc(OC)c1OC. The molecule has 0 unspecified atom stereocenters. The van der Waals surface area contributed by atoms with Crippen molar-refractivity contribution in [2.75, 3.05) is 21.3 Å². The summed E-state index contributed by atoms with van der Waals surface area (Å²) in [6.45, 7) is 1.81. The molecular weight excluding hydrogens is 350 g/mol. The summed E-state index contributed by atoms with van der Waals surface area (Å²) in [5, 5.41) is 2.82. The summed E-state index contributed by atoms with van der Waals surface area (Å²) in [4.78, 5) is 37.7. The number of ketones is 1. The lowest BCUT2D eigenvalue weighted by Gasteiger charge is -2.36. The Morgan fingerprint density at radius 1 is 1.11 bits per heavy atom. The first-order valence-corrected chi connectivity index (χ1v) is 8.78. The van der Waals surface area contributed by atoms with Gasteiger partial charge in [0.05, 0.1) is 21.3 Å². The van der Waals surface area contributed by atoms with Gasteiger partial charge in [0.15, 0.2) is 17.3 Å². The van der Waals surface area contributed by atoms with Gasteiger partial charge in [-0.25, -0.2) is 0 Å². The number of Topliss-reactive ketones (excluding diaryl/α,β-unsaturated/α-hetero) is 1. The molecule has 1 aromatic rings. The zero-order valence-electron chi connectivity index (χ0n) is 15.8. The zero-order chi connectivity index (χ0) is 19.7. The van der Waals surface area contributed by atoms with Gasteiger partial charge in [0.25, 0.3) is 0 Å².